The van der Waals surface area contributed by atoms with Gasteiger partial charge in [-0.15, -0.1) is 0 Å². The number of hydrogen-bond acceptors (Lipinski definition) is 4. The molecule has 0 radical (unpaired) electrons. The van der Waals surface area contributed by atoms with E-state index in [2.05, 4.69) is 15.3 Å². The van der Waals surface area contributed by atoms with Crippen molar-refractivity contribution in [2.75, 3.05) is 13.2 Å². The molecule has 0 saturated heterocycles. The molecule has 0 heterocycles. The molecule has 0 aliphatic carbocycles. The van der Waals surface area contributed by atoms with E-state index in [1.54, 1.807) is 0 Å². The van der Waals surface area contributed by atoms with E-state index in [-0.39, 0.29) is 12.3 Å². The standard InChI is InChI=1S/C9H17N5O3/c10-9(17)7(6-15)13-8(16)4-2-1-3-5-12-14-11/h7,15H,1-6H2,(H2,10,17)(H,13,16). The van der Waals surface area contributed by atoms with Crippen molar-refractivity contribution in [1.29, 1.82) is 0 Å². The molecule has 96 valence electrons. The Kier molecular flexibility index (Phi) is 8.44. The Bertz CT molecular complexity index is 301. The number of nitrogens with zero attached hydrogens (tertiary/aromatic N) is 3. The number of unbranched alkanes of at least 4 members (excludes halogenated alkanes) is 2. The third-order valence-electron chi connectivity index (χ3n) is 2.09. The molecule has 8 heteroatoms. The molecule has 1 atom stereocenters. The minimum atomic E-state index is -1.02. The lowest BCUT2D eigenvalue weighted by atomic mass is 10.2. The Morgan fingerprint density at radius 3 is 2.65 bits per heavy atom. The van der Waals surface area contributed by atoms with Crippen LogP contribution >= 0.6 is 0 Å². The smallest absolute Gasteiger partial charge is 0.242 e. The maximum absolute atomic E-state index is 11.3. The van der Waals surface area contributed by atoms with E-state index in [0.29, 0.717) is 13.0 Å². The van der Waals surface area contributed by atoms with Gasteiger partial charge < -0.3 is 16.2 Å². The second kappa shape index (κ2) is 9.44. The van der Waals surface area contributed by atoms with Gasteiger partial charge >= 0.3 is 0 Å². The van der Waals surface area contributed by atoms with Crippen LogP contribution in [0.4, 0.5) is 0 Å². The van der Waals surface area contributed by atoms with E-state index in [9.17, 15) is 9.59 Å². The zero-order valence-corrected chi connectivity index (χ0v) is 9.50. The number of primary amides is 1. The van der Waals surface area contributed by atoms with Crippen molar-refractivity contribution in [3.05, 3.63) is 10.4 Å². The molecule has 0 bridgehead atoms. The summed E-state index contributed by atoms with van der Waals surface area (Å²) in [6.45, 7) is -0.0867. The topological polar surface area (TPSA) is 141 Å². The number of nitrogens with two attached hydrogens (primary N) is 1. The Hall–Kier alpha value is -1.79. The lowest BCUT2D eigenvalue weighted by Crippen LogP contribution is -2.46. The Morgan fingerprint density at radius 1 is 1.41 bits per heavy atom. The molecule has 0 spiro atoms. The number of aliphatic hydroxyl groups is 1. The molecule has 0 aromatic rings. The molecular weight excluding hydrogens is 226 g/mol. The highest BCUT2D eigenvalue weighted by Gasteiger charge is 2.15. The fourth-order valence-electron chi connectivity index (χ4n) is 1.16. The minimum absolute atomic E-state index is 0.250. The number of rotatable bonds is 9. The first-order valence-corrected chi connectivity index (χ1v) is 5.32. The molecular formula is C9H17N5O3. The van der Waals surface area contributed by atoms with Gasteiger partial charge in [0.25, 0.3) is 0 Å². The molecule has 0 aliphatic rings. The molecule has 1 unspecified atom stereocenters. The van der Waals surface area contributed by atoms with E-state index in [0.717, 1.165) is 12.8 Å². The van der Waals surface area contributed by atoms with Gasteiger partial charge in [0.05, 0.1) is 6.61 Å². The molecule has 0 aromatic carbocycles. The van der Waals surface area contributed by atoms with Crippen molar-refractivity contribution in [3.8, 4) is 0 Å². The van der Waals surface area contributed by atoms with Gasteiger partial charge in [-0.25, -0.2) is 0 Å². The summed E-state index contributed by atoms with van der Waals surface area (Å²) in [5.41, 5.74) is 13.0. The average Bonchev–Trinajstić information content (AvgIpc) is 2.30. The molecule has 0 aromatic heterocycles. The molecule has 0 fully saturated rings. The largest absolute Gasteiger partial charge is 0.394 e. The van der Waals surface area contributed by atoms with Gasteiger partial charge in [0.1, 0.15) is 6.04 Å². The quantitative estimate of drug-likeness (QED) is 0.224. The predicted molar refractivity (Wildman–Crippen MR) is 60.7 cm³/mol. The first kappa shape index (κ1) is 15.2. The summed E-state index contributed by atoms with van der Waals surface area (Å²) in [6.07, 6.45) is 2.35. The van der Waals surface area contributed by atoms with Crippen LogP contribution in [0.5, 0.6) is 0 Å². The SMILES string of the molecule is [N-]=[N+]=NCCCCCC(=O)NC(CO)C(N)=O. The summed E-state index contributed by atoms with van der Waals surface area (Å²) >= 11 is 0. The maximum atomic E-state index is 11.3. The number of azide groups is 1. The van der Waals surface area contributed by atoms with Gasteiger partial charge in [-0.2, -0.15) is 0 Å². The lowest BCUT2D eigenvalue weighted by molar-refractivity contribution is -0.128. The fraction of sp³-hybridized carbons (Fsp3) is 0.778. The van der Waals surface area contributed by atoms with Gasteiger partial charge in [0.15, 0.2) is 0 Å². The zero-order valence-electron chi connectivity index (χ0n) is 9.50. The van der Waals surface area contributed by atoms with Gasteiger partial charge in [-0.1, -0.05) is 11.5 Å². The Labute approximate surface area is 98.8 Å². The summed E-state index contributed by atoms with van der Waals surface area (Å²) in [5, 5.41) is 14.4. The van der Waals surface area contributed by atoms with Crippen LogP contribution < -0.4 is 11.1 Å². The average molecular weight is 243 g/mol. The van der Waals surface area contributed by atoms with Crippen molar-refractivity contribution >= 4 is 11.8 Å². The molecule has 0 aliphatic heterocycles. The molecule has 8 nitrogen and oxygen atoms in total. The van der Waals surface area contributed by atoms with Crippen LogP contribution in [0.25, 0.3) is 10.4 Å². The Morgan fingerprint density at radius 2 is 2.12 bits per heavy atom. The molecule has 4 N–H and O–H groups in total. The van der Waals surface area contributed by atoms with Crippen molar-refractivity contribution in [2.45, 2.75) is 31.7 Å². The summed E-state index contributed by atoms with van der Waals surface area (Å²) in [4.78, 5) is 24.6. The molecule has 0 rings (SSSR count). The summed E-state index contributed by atoms with van der Waals surface area (Å²) in [6, 6.07) is -1.02. The van der Waals surface area contributed by atoms with Crippen LogP contribution in [0.2, 0.25) is 0 Å². The minimum Gasteiger partial charge on any atom is -0.394 e. The van der Waals surface area contributed by atoms with E-state index < -0.39 is 18.6 Å². The highest BCUT2D eigenvalue weighted by Crippen LogP contribution is 2.00. The van der Waals surface area contributed by atoms with E-state index in [1.807, 2.05) is 0 Å². The third kappa shape index (κ3) is 8.06. The molecule has 2 amide bonds. The first-order valence-electron chi connectivity index (χ1n) is 5.32. The van der Waals surface area contributed by atoms with E-state index in [4.69, 9.17) is 16.4 Å². The fourth-order valence-corrected chi connectivity index (χ4v) is 1.16. The predicted octanol–water partition coefficient (Wildman–Crippen LogP) is -0.180. The third-order valence-corrected chi connectivity index (χ3v) is 2.09. The van der Waals surface area contributed by atoms with Crippen LogP contribution in [0.3, 0.4) is 0 Å². The number of amides is 2. The van der Waals surface area contributed by atoms with E-state index in [1.165, 1.54) is 0 Å². The number of nitrogens with one attached hydrogen (secondary N) is 1. The van der Waals surface area contributed by atoms with Crippen LogP contribution in [0.15, 0.2) is 5.11 Å². The lowest BCUT2D eigenvalue weighted by Gasteiger charge is -2.12. The van der Waals surface area contributed by atoms with Gasteiger partial charge in [-0.05, 0) is 18.4 Å². The van der Waals surface area contributed by atoms with Gasteiger partial charge in [0, 0.05) is 17.9 Å². The highest BCUT2D eigenvalue weighted by atomic mass is 16.3. The monoisotopic (exact) mass is 243 g/mol. The van der Waals surface area contributed by atoms with E-state index >= 15 is 0 Å². The maximum Gasteiger partial charge on any atom is 0.242 e. The summed E-state index contributed by atoms with van der Waals surface area (Å²) in [5.74, 6) is -1.09. The normalized spacial score (nSPS) is 11.4. The summed E-state index contributed by atoms with van der Waals surface area (Å²) in [7, 11) is 0. The molecule has 0 saturated carbocycles. The van der Waals surface area contributed by atoms with Crippen molar-refractivity contribution < 1.29 is 14.7 Å². The van der Waals surface area contributed by atoms with Crippen LogP contribution in [-0.4, -0.2) is 36.1 Å². The highest BCUT2D eigenvalue weighted by molar-refractivity contribution is 5.86. The first-order chi connectivity index (χ1) is 8.11. The Balaban J connectivity index is 3.65. The molecule has 17 heavy (non-hydrogen) atoms. The second-order valence-corrected chi connectivity index (χ2v) is 3.47. The van der Waals surface area contributed by atoms with Crippen LogP contribution in [-0.2, 0) is 9.59 Å². The van der Waals surface area contributed by atoms with Gasteiger partial charge in [-0.3, -0.25) is 9.59 Å². The summed E-state index contributed by atoms with van der Waals surface area (Å²) < 4.78 is 0. The number of carbonyl (C=O) groups is 2. The van der Waals surface area contributed by atoms with Gasteiger partial charge in [0.2, 0.25) is 11.8 Å². The number of hydrogen-bond donors (Lipinski definition) is 3. The number of carbonyl (C=O) groups excluding carboxylic acids is 2. The van der Waals surface area contributed by atoms with Crippen LogP contribution in [0, 0.1) is 0 Å². The number of aliphatic hydroxyl groups excluding tert-OH is 1. The van der Waals surface area contributed by atoms with Crippen molar-refractivity contribution in [1.82, 2.24) is 5.32 Å². The van der Waals surface area contributed by atoms with Crippen molar-refractivity contribution in [2.24, 2.45) is 10.8 Å². The second-order valence-electron chi connectivity index (χ2n) is 3.47. The van der Waals surface area contributed by atoms with Crippen LogP contribution in [0.1, 0.15) is 25.7 Å². The van der Waals surface area contributed by atoms with Crippen molar-refractivity contribution in [3.63, 3.8) is 0 Å². The zero-order chi connectivity index (χ0) is 13.1.